The van der Waals surface area contributed by atoms with Crippen LogP contribution in [0, 0.1) is 0 Å². The summed E-state index contributed by atoms with van der Waals surface area (Å²) in [5.74, 6) is 0. The minimum atomic E-state index is 0.703. The predicted molar refractivity (Wildman–Crippen MR) is 63.1 cm³/mol. The van der Waals surface area contributed by atoms with Crippen LogP contribution in [-0.4, -0.2) is 22.8 Å². The molecular formula is C10H16N2S2. The van der Waals surface area contributed by atoms with Gasteiger partial charge in [0.1, 0.15) is 4.34 Å². The van der Waals surface area contributed by atoms with Gasteiger partial charge in [-0.3, -0.25) is 0 Å². The standard InChI is InChI=1S/C10H16N2S2/c1-2-11-8-4-3-5-9(8)14-10-12-6-7-13-10/h6-9,11H,2-5H2,1H3. The van der Waals surface area contributed by atoms with Crippen LogP contribution in [0.5, 0.6) is 0 Å². The summed E-state index contributed by atoms with van der Waals surface area (Å²) in [6, 6.07) is 0.703. The highest BCUT2D eigenvalue weighted by molar-refractivity contribution is 8.01. The molecule has 2 unspecified atom stereocenters. The van der Waals surface area contributed by atoms with Crippen molar-refractivity contribution in [2.45, 2.75) is 41.8 Å². The number of thiazole rings is 1. The van der Waals surface area contributed by atoms with Crippen molar-refractivity contribution in [2.75, 3.05) is 6.54 Å². The van der Waals surface area contributed by atoms with Crippen LogP contribution < -0.4 is 5.32 Å². The van der Waals surface area contributed by atoms with Crippen molar-refractivity contribution in [1.29, 1.82) is 0 Å². The van der Waals surface area contributed by atoms with Gasteiger partial charge in [-0.05, 0) is 19.4 Å². The van der Waals surface area contributed by atoms with Crippen molar-refractivity contribution < 1.29 is 0 Å². The molecule has 0 radical (unpaired) electrons. The molecule has 1 aliphatic carbocycles. The third kappa shape index (κ3) is 2.49. The van der Waals surface area contributed by atoms with Crippen LogP contribution in [0.25, 0.3) is 0 Å². The lowest BCUT2D eigenvalue weighted by Crippen LogP contribution is -2.33. The Morgan fingerprint density at radius 2 is 2.57 bits per heavy atom. The summed E-state index contributed by atoms with van der Waals surface area (Å²) in [6.45, 7) is 3.27. The van der Waals surface area contributed by atoms with Crippen molar-refractivity contribution >= 4 is 23.1 Å². The molecule has 1 heterocycles. The number of nitrogens with one attached hydrogen (secondary N) is 1. The molecule has 14 heavy (non-hydrogen) atoms. The summed E-state index contributed by atoms with van der Waals surface area (Å²) in [7, 11) is 0. The second-order valence-corrected chi connectivity index (χ2v) is 5.93. The number of nitrogens with zero attached hydrogens (tertiary/aromatic N) is 1. The Bertz CT molecular complexity index is 261. The monoisotopic (exact) mass is 228 g/mol. The summed E-state index contributed by atoms with van der Waals surface area (Å²) < 4.78 is 1.22. The molecule has 0 saturated heterocycles. The van der Waals surface area contributed by atoms with Gasteiger partial charge in [0.2, 0.25) is 0 Å². The van der Waals surface area contributed by atoms with Crippen molar-refractivity contribution in [3.05, 3.63) is 11.6 Å². The van der Waals surface area contributed by atoms with E-state index in [1.165, 1.54) is 23.6 Å². The molecule has 0 aromatic carbocycles. The van der Waals surface area contributed by atoms with Gasteiger partial charge in [0.25, 0.3) is 0 Å². The minimum absolute atomic E-state index is 0.703. The maximum Gasteiger partial charge on any atom is 0.150 e. The topological polar surface area (TPSA) is 24.9 Å². The molecule has 1 aromatic heterocycles. The molecule has 1 aliphatic rings. The Balaban J connectivity index is 1.90. The molecule has 0 amide bonds. The first-order valence-electron chi connectivity index (χ1n) is 5.19. The number of hydrogen-bond acceptors (Lipinski definition) is 4. The SMILES string of the molecule is CCNC1CCCC1Sc1nccs1. The molecular weight excluding hydrogens is 212 g/mol. The van der Waals surface area contributed by atoms with Crippen LogP contribution in [0.3, 0.4) is 0 Å². The summed E-state index contributed by atoms with van der Waals surface area (Å²) in [5.41, 5.74) is 0. The molecule has 0 bridgehead atoms. The number of rotatable bonds is 4. The number of hydrogen-bond donors (Lipinski definition) is 1. The summed E-state index contributed by atoms with van der Waals surface area (Å²) in [6.07, 6.45) is 5.92. The predicted octanol–water partition coefficient (Wildman–Crippen LogP) is 2.77. The summed E-state index contributed by atoms with van der Waals surface area (Å²) in [4.78, 5) is 4.33. The Morgan fingerprint density at radius 1 is 1.64 bits per heavy atom. The lowest BCUT2D eigenvalue weighted by molar-refractivity contribution is 0.551. The fraction of sp³-hybridized carbons (Fsp3) is 0.700. The highest BCUT2D eigenvalue weighted by atomic mass is 32.2. The van der Waals surface area contributed by atoms with E-state index in [4.69, 9.17) is 0 Å². The Morgan fingerprint density at radius 3 is 3.29 bits per heavy atom. The Kier molecular flexibility index (Phi) is 3.84. The average Bonchev–Trinajstić information content (AvgIpc) is 2.80. The van der Waals surface area contributed by atoms with Gasteiger partial charge in [-0.2, -0.15) is 0 Å². The smallest absolute Gasteiger partial charge is 0.150 e. The third-order valence-corrected chi connectivity index (χ3v) is 4.90. The fourth-order valence-electron chi connectivity index (χ4n) is 1.96. The molecule has 0 spiro atoms. The average molecular weight is 228 g/mol. The zero-order valence-corrected chi connectivity index (χ0v) is 10.0. The van der Waals surface area contributed by atoms with E-state index in [1.54, 1.807) is 11.3 Å². The van der Waals surface area contributed by atoms with E-state index in [-0.39, 0.29) is 0 Å². The quantitative estimate of drug-likeness (QED) is 0.858. The van der Waals surface area contributed by atoms with E-state index in [0.29, 0.717) is 6.04 Å². The maximum absolute atomic E-state index is 4.33. The Labute approximate surface area is 93.5 Å². The van der Waals surface area contributed by atoms with Crippen LogP contribution in [0.1, 0.15) is 26.2 Å². The first-order valence-corrected chi connectivity index (χ1v) is 6.95. The second-order valence-electron chi connectivity index (χ2n) is 3.55. The zero-order chi connectivity index (χ0) is 9.80. The van der Waals surface area contributed by atoms with Crippen molar-refractivity contribution in [2.24, 2.45) is 0 Å². The van der Waals surface area contributed by atoms with Crippen LogP contribution >= 0.6 is 23.1 Å². The zero-order valence-electron chi connectivity index (χ0n) is 8.40. The number of thioether (sulfide) groups is 1. The van der Waals surface area contributed by atoms with Crippen LogP contribution in [0.2, 0.25) is 0 Å². The van der Waals surface area contributed by atoms with E-state index in [9.17, 15) is 0 Å². The minimum Gasteiger partial charge on any atom is -0.313 e. The maximum atomic E-state index is 4.33. The van der Waals surface area contributed by atoms with Crippen LogP contribution in [-0.2, 0) is 0 Å². The summed E-state index contributed by atoms with van der Waals surface area (Å²) in [5, 5.41) is 6.36. The van der Waals surface area contributed by atoms with Crippen molar-refractivity contribution in [3.63, 3.8) is 0 Å². The first kappa shape index (κ1) is 10.5. The molecule has 1 saturated carbocycles. The third-order valence-electron chi connectivity index (χ3n) is 2.58. The molecule has 1 fully saturated rings. The highest BCUT2D eigenvalue weighted by Gasteiger charge is 2.27. The van der Waals surface area contributed by atoms with E-state index in [1.807, 2.05) is 18.0 Å². The Hall–Kier alpha value is -0.0600. The van der Waals surface area contributed by atoms with Crippen molar-refractivity contribution in [1.82, 2.24) is 10.3 Å². The molecule has 1 N–H and O–H groups in total. The molecule has 2 atom stereocenters. The molecule has 1 aromatic rings. The molecule has 4 heteroatoms. The van der Waals surface area contributed by atoms with Crippen LogP contribution in [0.15, 0.2) is 15.9 Å². The molecule has 0 aliphatic heterocycles. The first-order chi connectivity index (χ1) is 6.90. The highest BCUT2D eigenvalue weighted by Crippen LogP contribution is 2.35. The normalized spacial score (nSPS) is 26.9. The summed E-state index contributed by atoms with van der Waals surface area (Å²) >= 11 is 3.70. The van der Waals surface area contributed by atoms with Gasteiger partial charge in [0, 0.05) is 22.9 Å². The lowest BCUT2D eigenvalue weighted by atomic mass is 10.2. The van der Waals surface area contributed by atoms with Gasteiger partial charge in [-0.1, -0.05) is 25.1 Å². The van der Waals surface area contributed by atoms with E-state index >= 15 is 0 Å². The van der Waals surface area contributed by atoms with Gasteiger partial charge < -0.3 is 5.32 Å². The second kappa shape index (κ2) is 5.14. The van der Waals surface area contributed by atoms with Crippen LogP contribution in [0.4, 0.5) is 0 Å². The molecule has 2 nitrogen and oxygen atoms in total. The van der Waals surface area contributed by atoms with Gasteiger partial charge in [-0.25, -0.2) is 4.98 Å². The van der Waals surface area contributed by atoms with Gasteiger partial charge >= 0.3 is 0 Å². The fourth-order valence-corrected chi connectivity index (χ4v) is 4.14. The van der Waals surface area contributed by atoms with Gasteiger partial charge in [0.15, 0.2) is 0 Å². The van der Waals surface area contributed by atoms with E-state index < -0.39 is 0 Å². The van der Waals surface area contributed by atoms with Crippen molar-refractivity contribution in [3.8, 4) is 0 Å². The van der Waals surface area contributed by atoms with Gasteiger partial charge in [-0.15, -0.1) is 11.3 Å². The van der Waals surface area contributed by atoms with E-state index in [2.05, 4.69) is 22.6 Å². The molecule has 78 valence electrons. The number of aromatic nitrogens is 1. The van der Waals surface area contributed by atoms with E-state index in [0.717, 1.165) is 11.8 Å². The van der Waals surface area contributed by atoms with Gasteiger partial charge in [0.05, 0.1) is 0 Å². The largest absolute Gasteiger partial charge is 0.313 e. The molecule has 2 rings (SSSR count). The lowest BCUT2D eigenvalue weighted by Gasteiger charge is -2.18.